The molecule has 0 atom stereocenters. The lowest BCUT2D eigenvalue weighted by Crippen LogP contribution is -2.42. The molecule has 0 amide bonds. The Hall–Kier alpha value is -1.95. The molecule has 2 fully saturated rings. The van der Waals surface area contributed by atoms with Crippen LogP contribution in [0.5, 0.6) is 0 Å². The third-order valence-corrected chi connectivity index (χ3v) is 6.03. The van der Waals surface area contributed by atoms with Gasteiger partial charge in [0.2, 0.25) is 0 Å². The van der Waals surface area contributed by atoms with Crippen LogP contribution in [-0.2, 0) is 0 Å². The molecular formula is C24H37N5. The highest BCUT2D eigenvalue weighted by molar-refractivity contribution is 6.12. The summed E-state index contributed by atoms with van der Waals surface area (Å²) in [4.78, 5) is 4.75. The molecule has 2 saturated heterocycles. The number of likely N-dealkylation sites (N-methyl/N-ethyl adjacent to an activating group) is 1. The van der Waals surface area contributed by atoms with Crippen LogP contribution in [-0.4, -0.2) is 86.5 Å². The zero-order chi connectivity index (χ0) is 20.6. The number of piperidine rings is 1. The van der Waals surface area contributed by atoms with Crippen molar-refractivity contribution in [3.63, 3.8) is 0 Å². The van der Waals surface area contributed by atoms with Crippen molar-refractivity contribution < 1.29 is 0 Å². The second kappa shape index (κ2) is 10.7. The summed E-state index contributed by atoms with van der Waals surface area (Å²) in [5.74, 6) is 0. The maximum absolute atomic E-state index is 4.92. The summed E-state index contributed by atoms with van der Waals surface area (Å²) in [6.45, 7) is 13.5. The van der Waals surface area contributed by atoms with Crippen LogP contribution in [0.15, 0.2) is 64.9 Å². The number of hydrogen-bond donors (Lipinski definition) is 1. The van der Waals surface area contributed by atoms with Gasteiger partial charge in [-0.2, -0.15) is 5.10 Å². The summed E-state index contributed by atoms with van der Waals surface area (Å²) in [6.07, 6.45) is 15.4. The van der Waals surface area contributed by atoms with Crippen LogP contribution in [0.4, 0.5) is 0 Å². The molecule has 0 aromatic rings. The van der Waals surface area contributed by atoms with E-state index < -0.39 is 0 Å². The molecule has 0 spiro atoms. The summed E-state index contributed by atoms with van der Waals surface area (Å²) in [6, 6.07) is 0.646. The van der Waals surface area contributed by atoms with Gasteiger partial charge < -0.3 is 15.1 Å². The molecule has 158 valence electrons. The maximum Gasteiger partial charge on any atom is 0.0907 e. The molecule has 3 aliphatic rings. The predicted molar refractivity (Wildman–Crippen MR) is 124 cm³/mol. The Morgan fingerprint density at radius 1 is 1.10 bits per heavy atom. The first kappa shape index (κ1) is 21.8. The Morgan fingerprint density at radius 2 is 1.79 bits per heavy atom. The zero-order valence-corrected chi connectivity index (χ0v) is 18.4. The quantitative estimate of drug-likeness (QED) is 0.750. The van der Waals surface area contributed by atoms with Crippen LogP contribution in [0, 0.1) is 0 Å². The van der Waals surface area contributed by atoms with E-state index in [-0.39, 0.29) is 0 Å². The number of hydrazone groups is 1. The van der Waals surface area contributed by atoms with Gasteiger partial charge in [-0.1, -0.05) is 30.9 Å². The molecule has 0 unspecified atom stereocenters. The Bertz CT molecular complexity index is 712. The Balaban J connectivity index is 1.60. The maximum atomic E-state index is 4.92. The van der Waals surface area contributed by atoms with E-state index in [4.69, 9.17) is 5.10 Å². The molecule has 0 bridgehead atoms. The SMILES string of the molecule is C=C/C(C)=C1C=C(/C=C/CNC2CCN(C)CC2)C=CC/1=N/N1CCN(C)CC1. The third-order valence-electron chi connectivity index (χ3n) is 6.03. The normalized spacial score (nSPS) is 25.7. The molecule has 1 N–H and O–H groups in total. The molecule has 0 aromatic heterocycles. The van der Waals surface area contributed by atoms with Crippen LogP contribution in [0.3, 0.4) is 0 Å². The standard InChI is InChI=1S/C24H37N5/c1-5-20(2)23-19-21(7-6-12-25-22-10-13-27(3)14-11-22)8-9-24(23)26-29-17-15-28(4)16-18-29/h5-9,19,22,25H,1,10-18H2,2-4H3/b7-6+,23-20-,26-24-. The zero-order valence-electron chi connectivity index (χ0n) is 18.4. The lowest BCUT2D eigenvalue weighted by atomic mass is 9.95. The highest BCUT2D eigenvalue weighted by Crippen LogP contribution is 2.20. The molecule has 5 heteroatoms. The van der Waals surface area contributed by atoms with E-state index in [0.29, 0.717) is 6.04 Å². The van der Waals surface area contributed by atoms with Crippen molar-refractivity contribution in [1.29, 1.82) is 0 Å². The van der Waals surface area contributed by atoms with E-state index >= 15 is 0 Å². The minimum absolute atomic E-state index is 0.646. The van der Waals surface area contributed by atoms with Gasteiger partial charge in [0.25, 0.3) is 0 Å². The minimum atomic E-state index is 0.646. The van der Waals surface area contributed by atoms with Gasteiger partial charge >= 0.3 is 0 Å². The number of likely N-dealkylation sites (tertiary alicyclic amines) is 1. The van der Waals surface area contributed by atoms with Crippen LogP contribution in [0.25, 0.3) is 0 Å². The summed E-state index contributed by atoms with van der Waals surface area (Å²) in [7, 11) is 4.37. The predicted octanol–water partition coefficient (Wildman–Crippen LogP) is 2.83. The molecule has 0 radical (unpaired) electrons. The topological polar surface area (TPSA) is 34.1 Å². The summed E-state index contributed by atoms with van der Waals surface area (Å²) in [5, 5.41) is 10.8. The molecule has 5 nitrogen and oxygen atoms in total. The van der Waals surface area contributed by atoms with Crippen LogP contribution >= 0.6 is 0 Å². The molecule has 29 heavy (non-hydrogen) atoms. The summed E-state index contributed by atoms with van der Waals surface area (Å²) < 4.78 is 0. The minimum Gasteiger partial charge on any atom is -0.310 e. The van der Waals surface area contributed by atoms with Gasteiger partial charge in [-0.25, -0.2) is 0 Å². The first-order valence-corrected chi connectivity index (χ1v) is 10.9. The van der Waals surface area contributed by atoms with Crippen molar-refractivity contribution in [3.8, 4) is 0 Å². The van der Waals surface area contributed by atoms with Gasteiger partial charge in [0.15, 0.2) is 0 Å². The van der Waals surface area contributed by atoms with E-state index in [1.54, 1.807) is 0 Å². The van der Waals surface area contributed by atoms with E-state index in [1.165, 1.54) is 37.1 Å². The van der Waals surface area contributed by atoms with Crippen molar-refractivity contribution in [2.45, 2.75) is 25.8 Å². The fourth-order valence-electron chi connectivity index (χ4n) is 3.86. The Kier molecular flexibility index (Phi) is 8.04. The number of nitrogens with one attached hydrogen (secondary N) is 1. The number of piperazine rings is 1. The molecule has 0 saturated carbocycles. The van der Waals surface area contributed by atoms with Gasteiger partial charge in [0.05, 0.1) is 5.71 Å². The Morgan fingerprint density at radius 3 is 2.48 bits per heavy atom. The van der Waals surface area contributed by atoms with Crippen molar-refractivity contribution in [2.75, 3.05) is 59.9 Å². The van der Waals surface area contributed by atoms with Gasteiger partial charge in [0.1, 0.15) is 0 Å². The molecule has 1 aliphatic carbocycles. The average molecular weight is 396 g/mol. The van der Waals surface area contributed by atoms with Gasteiger partial charge in [-0.15, -0.1) is 0 Å². The fraction of sp³-hybridized carbons (Fsp3) is 0.542. The van der Waals surface area contributed by atoms with Crippen molar-refractivity contribution in [2.24, 2.45) is 5.10 Å². The van der Waals surface area contributed by atoms with E-state index in [0.717, 1.165) is 44.0 Å². The van der Waals surface area contributed by atoms with E-state index in [2.05, 4.69) is 78.1 Å². The van der Waals surface area contributed by atoms with E-state index in [1.807, 2.05) is 6.08 Å². The van der Waals surface area contributed by atoms with Gasteiger partial charge in [-0.3, -0.25) is 5.01 Å². The molecule has 2 aliphatic heterocycles. The van der Waals surface area contributed by atoms with Crippen LogP contribution < -0.4 is 5.32 Å². The van der Waals surface area contributed by atoms with Crippen LogP contribution in [0.2, 0.25) is 0 Å². The average Bonchev–Trinajstić information content (AvgIpc) is 2.74. The van der Waals surface area contributed by atoms with Crippen molar-refractivity contribution >= 4 is 5.71 Å². The monoisotopic (exact) mass is 395 g/mol. The molecule has 0 aromatic carbocycles. The van der Waals surface area contributed by atoms with E-state index in [9.17, 15) is 0 Å². The fourth-order valence-corrected chi connectivity index (χ4v) is 3.86. The first-order chi connectivity index (χ1) is 14.0. The second-order valence-electron chi connectivity index (χ2n) is 8.41. The van der Waals surface area contributed by atoms with Gasteiger partial charge in [0, 0.05) is 44.3 Å². The van der Waals surface area contributed by atoms with Gasteiger partial charge in [-0.05, 0) is 70.2 Å². The summed E-state index contributed by atoms with van der Waals surface area (Å²) in [5.41, 5.74) is 4.58. The summed E-state index contributed by atoms with van der Waals surface area (Å²) >= 11 is 0. The first-order valence-electron chi connectivity index (χ1n) is 10.9. The lowest BCUT2D eigenvalue weighted by molar-refractivity contribution is 0.159. The number of nitrogens with zero attached hydrogens (tertiary/aromatic N) is 4. The van der Waals surface area contributed by atoms with Crippen molar-refractivity contribution in [1.82, 2.24) is 20.1 Å². The highest BCUT2D eigenvalue weighted by Gasteiger charge is 2.16. The second-order valence-corrected chi connectivity index (χ2v) is 8.41. The molecule has 3 rings (SSSR count). The number of allylic oxidation sites excluding steroid dienone is 8. The lowest BCUT2D eigenvalue weighted by Gasteiger charge is -2.31. The smallest absolute Gasteiger partial charge is 0.0907 e. The number of rotatable bonds is 6. The van der Waals surface area contributed by atoms with Crippen molar-refractivity contribution in [3.05, 3.63) is 59.8 Å². The highest BCUT2D eigenvalue weighted by atomic mass is 15.5. The Labute approximate surface area is 176 Å². The largest absolute Gasteiger partial charge is 0.310 e. The third kappa shape index (κ3) is 6.53. The van der Waals surface area contributed by atoms with Crippen LogP contribution in [0.1, 0.15) is 19.8 Å². The molecular weight excluding hydrogens is 358 g/mol. The molecule has 2 heterocycles. The number of hydrogen-bond acceptors (Lipinski definition) is 5.